The van der Waals surface area contributed by atoms with Crippen molar-refractivity contribution in [2.24, 2.45) is 5.73 Å². The standard InChI is InChI=1S/C20H40O2.C18H39N/c1-3-5-6-7-8-9-10-11-12-13-14-15-16-17-18-19-20(21)22-4-2;1-2-3-4-5-6-7-8-9-10-11-12-13-14-15-16-17-18-19/h3-19H2,1-2H3;2-19H2,1H3. The number of nitrogens with two attached hydrogens (primary N) is 1. The third kappa shape index (κ3) is 44.0. The van der Waals surface area contributed by atoms with E-state index in [1.165, 1.54) is 193 Å². The third-order valence-corrected chi connectivity index (χ3v) is 8.35. The van der Waals surface area contributed by atoms with Gasteiger partial charge in [-0.05, 0) is 26.3 Å². The number of carbonyl (C=O) groups is 1. The molecule has 0 amide bonds. The second-order valence-corrected chi connectivity index (χ2v) is 12.6. The van der Waals surface area contributed by atoms with Gasteiger partial charge < -0.3 is 10.5 Å². The molecule has 0 heterocycles. The normalized spacial score (nSPS) is 10.9. The van der Waals surface area contributed by atoms with Crippen molar-refractivity contribution < 1.29 is 9.53 Å². The fourth-order valence-electron chi connectivity index (χ4n) is 5.57. The van der Waals surface area contributed by atoms with E-state index in [-0.39, 0.29) is 5.97 Å². The minimum Gasteiger partial charge on any atom is -0.466 e. The van der Waals surface area contributed by atoms with E-state index >= 15 is 0 Å². The molecule has 0 radical (unpaired) electrons. The van der Waals surface area contributed by atoms with Gasteiger partial charge in [-0.1, -0.05) is 200 Å². The van der Waals surface area contributed by atoms with Gasteiger partial charge in [0.15, 0.2) is 0 Å². The van der Waals surface area contributed by atoms with Gasteiger partial charge in [-0.15, -0.1) is 0 Å². The van der Waals surface area contributed by atoms with Crippen LogP contribution in [0.1, 0.15) is 226 Å². The summed E-state index contributed by atoms with van der Waals surface area (Å²) in [6.07, 6.45) is 43.8. The zero-order valence-electron chi connectivity index (χ0n) is 28.9. The van der Waals surface area contributed by atoms with Gasteiger partial charge in [0.25, 0.3) is 0 Å². The first-order chi connectivity index (χ1) is 20.2. The fourth-order valence-corrected chi connectivity index (χ4v) is 5.57. The number of carbonyl (C=O) groups excluding carboxylic acids is 1. The molecule has 2 N–H and O–H groups in total. The van der Waals surface area contributed by atoms with Crippen molar-refractivity contribution in [3.05, 3.63) is 0 Å². The van der Waals surface area contributed by atoms with Crippen LogP contribution in [0.25, 0.3) is 0 Å². The molecule has 0 aromatic rings. The smallest absolute Gasteiger partial charge is 0.305 e. The lowest BCUT2D eigenvalue weighted by molar-refractivity contribution is -0.143. The molecule has 248 valence electrons. The zero-order chi connectivity index (χ0) is 30.3. The minimum atomic E-state index is -0.0304. The molecule has 0 aliphatic carbocycles. The number of unbranched alkanes of at least 4 members (excludes halogenated alkanes) is 29. The lowest BCUT2D eigenvalue weighted by atomic mass is 10.0. The first-order valence-corrected chi connectivity index (χ1v) is 19.1. The Kier molecular flexibility index (Phi) is 43.1. The van der Waals surface area contributed by atoms with Crippen molar-refractivity contribution in [2.45, 2.75) is 226 Å². The average Bonchev–Trinajstić information content (AvgIpc) is 2.97. The molecule has 0 bridgehead atoms. The van der Waals surface area contributed by atoms with E-state index in [9.17, 15) is 4.79 Å². The SMILES string of the molecule is CCCCCCCCCCCCCCCCCC(=O)OCC.CCCCCCCCCCCCCCCCCCN. The van der Waals surface area contributed by atoms with E-state index in [2.05, 4.69) is 13.8 Å². The topological polar surface area (TPSA) is 52.3 Å². The highest BCUT2D eigenvalue weighted by Gasteiger charge is 2.00. The minimum absolute atomic E-state index is 0.0304. The first kappa shape index (κ1) is 42.6. The summed E-state index contributed by atoms with van der Waals surface area (Å²) in [5.74, 6) is -0.0304. The molecule has 0 aromatic carbocycles. The van der Waals surface area contributed by atoms with Crippen LogP contribution >= 0.6 is 0 Å². The molecule has 0 unspecified atom stereocenters. The van der Waals surface area contributed by atoms with Crippen molar-refractivity contribution in [1.82, 2.24) is 0 Å². The van der Waals surface area contributed by atoms with E-state index in [1.807, 2.05) is 6.92 Å². The van der Waals surface area contributed by atoms with Crippen LogP contribution in [0.2, 0.25) is 0 Å². The molecule has 0 aliphatic rings. The molecule has 0 atom stereocenters. The second-order valence-electron chi connectivity index (χ2n) is 12.6. The molecule has 3 heteroatoms. The van der Waals surface area contributed by atoms with Crippen LogP contribution in [-0.2, 0) is 9.53 Å². The number of rotatable bonds is 33. The molecule has 41 heavy (non-hydrogen) atoms. The molecular formula is C38H79NO2. The highest BCUT2D eigenvalue weighted by molar-refractivity contribution is 5.69. The van der Waals surface area contributed by atoms with Crippen molar-refractivity contribution in [3.8, 4) is 0 Å². The maximum atomic E-state index is 11.2. The van der Waals surface area contributed by atoms with Crippen LogP contribution in [0, 0.1) is 0 Å². The summed E-state index contributed by atoms with van der Waals surface area (Å²) in [5, 5.41) is 0. The Morgan fingerprint density at radius 1 is 0.390 bits per heavy atom. The highest BCUT2D eigenvalue weighted by atomic mass is 16.5. The van der Waals surface area contributed by atoms with Gasteiger partial charge in [0.1, 0.15) is 0 Å². The Morgan fingerprint density at radius 2 is 0.634 bits per heavy atom. The highest BCUT2D eigenvalue weighted by Crippen LogP contribution is 2.15. The summed E-state index contributed by atoms with van der Waals surface area (Å²) >= 11 is 0. The Balaban J connectivity index is 0. The van der Waals surface area contributed by atoms with E-state index in [4.69, 9.17) is 10.5 Å². The van der Waals surface area contributed by atoms with Gasteiger partial charge in [-0.3, -0.25) is 4.79 Å². The molecule has 0 spiro atoms. The van der Waals surface area contributed by atoms with E-state index in [0.717, 1.165) is 13.0 Å². The second kappa shape index (κ2) is 41.6. The van der Waals surface area contributed by atoms with Crippen LogP contribution in [0.3, 0.4) is 0 Å². The monoisotopic (exact) mass is 582 g/mol. The van der Waals surface area contributed by atoms with Crippen LogP contribution in [0.5, 0.6) is 0 Å². The Labute approximate surface area is 260 Å². The summed E-state index contributed by atoms with van der Waals surface area (Å²) in [6.45, 7) is 7.82. The molecule has 0 fully saturated rings. The molecule has 3 nitrogen and oxygen atoms in total. The number of hydrogen-bond acceptors (Lipinski definition) is 3. The largest absolute Gasteiger partial charge is 0.466 e. The number of esters is 1. The number of ether oxygens (including phenoxy) is 1. The van der Waals surface area contributed by atoms with Gasteiger partial charge >= 0.3 is 5.97 Å². The predicted molar refractivity (Wildman–Crippen MR) is 185 cm³/mol. The summed E-state index contributed by atoms with van der Waals surface area (Å²) in [5.41, 5.74) is 5.48. The molecule has 0 rings (SSSR count). The zero-order valence-corrected chi connectivity index (χ0v) is 28.9. The first-order valence-electron chi connectivity index (χ1n) is 19.1. The van der Waals surface area contributed by atoms with Crippen LogP contribution in [0.4, 0.5) is 0 Å². The van der Waals surface area contributed by atoms with E-state index < -0.39 is 0 Å². The lowest BCUT2D eigenvalue weighted by Crippen LogP contribution is -2.03. The van der Waals surface area contributed by atoms with Gasteiger partial charge in [-0.2, -0.15) is 0 Å². The third-order valence-electron chi connectivity index (χ3n) is 8.35. The fraction of sp³-hybridized carbons (Fsp3) is 0.974. The Morgan fingerprint density at radius 3 is 0.878 bits per heavy atom. The van der Waals surface area contributed by atoms with Crippen molar-refractivity contribution >= 4 is 5.97 Å². The van der Waals surface area contributed by atoms with Crippen molar-refractivity contribution in [2.75, 3.05) is 13.2 Å². The Hall–Kier alpha value is -0.570. The van der Waals surface area contributed by atoms with Gasteiger partial charge in [0.2, 0.25) is 0 Å². The summed E-state index contributed by atoms with van der Waals surface area (Å²) in [7, 11) is 0. The van der Waals surface area contributed by atoms with E-state index in [1.54, 1.807) is 0 Å². The Bertz CT molecular complexity index is 438. The molecule has 0 aliphatic heterocycles. The maximum Gasteiger partial charge on any atom is 0.305 e. The van der Waals surface area contributed by atoms with Crippen LogP contribution in [0.15, 0.2) is 0 Å². The predicted octanol–water partition coefficient (Wildman–Crippen LogP) is 13.0. The molecule has 0 saturated carbocycles. The lowest BCUT2D eigenvalue weighted by Gasteiger charge is -2.03. The van der Waals surface area contributed by atoms with Crippen LogP contribution in [-0.4, -0.2) is 19.1 Å². The summed E-state index contributed by atoms with van der Waals surface area (Å²) < 4.78 is 4.92. The van der Waals surface area contributed by atoms with Gasteiger partial charge in [0, 0.05) is 6.42 Å². The van der Waals surface area contributed by atoms with Crippen molar-refractivity contribution in [1.29, 1.82) is 0 Å². The van der Waals surface area contributed by atoms with Crippen LogP contribution < -0.4 is 5.73 Å². The van der Waals surface area contributed by atoms with E-state index in [0.29, 0.717) is 13.0 Å². The summed E-state index contributed by atoms with van der Waals surface area (Å²) in [6, 6.07) is 0. The van der Waals surface area contributed by atoms with Gasteiger partial charge in [-0.25, -0.2) is 0 Å². The molecule has 0 aromatic heterocycles. The summed E-state index contributed by atoms with van der Waals surface area (Å²) in [4.78, 5) is 11.2. The number of hydrogen-bond donors (Lipinski definition) is 1. The van der Waals surface area contributed by atoms with Crippen molar-refractivity contribution in [3.63, 3.8) is 0 Å². The maximum absolute atomic E-state index is 11.2. The molecular weight excluding hydrogens is 502 g/mol. The quantitative estimate of drug-likeness (QED) is 0.0619. The molecule has 0 saturated heterocycles. The average molecular weight is 582 g/mol. The van der Waals surface area contributed by atoms with Gasteiger partial charge in [0.05, 0.1) is 6.61 Å².